The molecule has 0 aliphatic carbocycles. The molecule has 1 aliphatic rings. The van der Waals surface area contributed by atoms with Gasteiger partial charge in [-0.05, 0) is 48.9 Å². The topological polar surface area (TPSA) is 52.7 Å². The number of anilines is 1. The van der Waals surface area contributed by atoms with Gasteiger partial charge in [0.05, 0.1) is 0 Å². The number of urea groups is 1. The van der Waals surface area contributed by atoms with Crippen molar-refractivity contribution in [3.05, 3.63) is 59.1 Å². The van der Waals surface area contributed by atoms with Crippen molar-refractivity contribution in [3.63, 3.8) is 0 Å². The summed E-state index contributed by atoms with van der Waals surface area (Å²) >= 11 is 7.75. The number of rotatable bonds is 4. The maximum absolute atomic E-state index is 12.9. The number of carbonyl (C=O) groups is 2. The first-order chi connectivity index (χ1) is 13.9. The Kier molecular flexibility index (Phi) is 7.45. The molecule has 29 heavy (non-hydrogen) atoms. The molecule has 0 radical (unpaired) electrons. The average molecular weight is 432 g/mol. The lowest BCUT2D eigenvalue weighted by molar-refractivity contribution is 0.0762. The van der Waals surface area contributed by atoms with Gasteiger partial charge in [-0.25, -0.2) is 4.79 Å². The normalized spacial score (nSPS) is 14.6. The van der Waals surface area contributed by atoms with Crippen molar-refractivity contribution in [1.82, 2.24) is 9.80 Å². The van der Waals surface area contributed by atoms with Gasteiger partial charge in [-0.15, -0.1) is 11.8 Å². The summed E-state index contributed by atoms with van der Waals surface area (Å²) in [5.41, 5.74) is 1.36. The van der Waals surface area contributed by atoms with E-state index in [1.54, 1.807) is 40.9 Å². The predicted octanol–water partition coefficient (Wildman–Crippen LogP) is 5.22. The zero-order valence-electron chi connectivity index (χ0n) is 16.7. The fourth-order valence-electron chi connectivity index (χ4n) is 3.22. The standard InChI is InChI=1S/C22H26ClN3O2S/c1-16(2)29-20-9-7-17(8-10-20)21(27)25-11-4-12-26(14-13-25)22(28)24-19-6-3-5-18(23)15-19/h3,5-10,15-16H,4,11-14H2,1-2H3,(H,24,28). The van der Waals surface area contributed by atoms with Crippen LogP contribution in [0.15, 0.2) is 53.4 Å². The van der Waals surface area contributed by atoms with Crippen molar-refractivity contribution in [2.24, 2.45) is 0 Å². The summed E-state index contributed by atoms with van der Waals surface area (Å²) in [5.74, 6) is 0.0168. The quantitative estimate of drug-likeness (QED) is 0.675. The Balaban J connectivity index is 1.57. The molecule has 0 atom stereocenters. The minimum Gasteiger partial charge on any atom is -0.337 e. The van der Waals surface area contributed by atoms with Gasteiger partial charge < -0.3 is 15.1 Å². The second-order valence-corrected chi connectivity index (χ2v) is 9.35. The molecule has 1 N–H and O–H groups in total. The van der Waals surface area contributed by atoms with Gasteiger partial charge in [-0.3, -0.25) is 4.79 Å². The van der Waals surface area contributed by atoms with Crippen molar-refractivity contribution >= 4 is 41.0 Å². The highest BCUT2D eigenvalue weighted by atomic mass is 35.5. The zero-order chi connectivity index (χ0) is 20.8. The van der Waals surface area contributed by atoms with Gasteiger partial charge in [0.2, 0.25) is 0 Å². The first-order valence-corrected chi connectivity index (χ1v) is 11.1. The number of halogens is 1. The molecular weight excluding hydrogens is 406 g/mol. The Bertz CT molecular complexity index is 857. The molecule has 3 rings (SSSR count). The van der Waals surface area contributed by atoms with E-state index in [-0.39, 0.29) is 11.9 Å². The van der Waals surface area contributed by atoms with Crippen LogP contribution in [0.25, 0.3) is 0 Å². The lowest BCUT2D eigenvalue weighted by Gasteiger charge is -2.22. The van der Waals surface area contributed by atoms with E-state index in [1.807, 2.05) is 29.2 Å². The highest BCUT2D eigenvalue weighted by Gasteiger charge is 2.23. The Morgan fingerprint density at radius 1 is 1.00 bits per heavy atom. The summed E-state index contributed by atoms with van der Waals surface area (Å²) in [4.78, 5) is 30.2. The summed E-state index contributed by atoms with van der Waals surface area (Å²) in [6.07, 6.45) is 0.746. The number of hydrogen-bond acceptors (Lipinski definition) is 3. The van der Waals surface area contributed by atoms with Gasteiger partial charge in [0.1, 0.15) is 0 Å². The molecule has 1 heterocycles. The highest BCUT2D eigenvalue weighted by molar-refractivity contribution is 7.99. The van der Waals surface area contributed by atoms with Gasteiger partial charge >= 0.3 is 6.03 Å². The number of thioether (sulfide) groups is 1. The predicted molar refractivity (Wildman–Crippen MR) is 120 cm³/mol. The van der Waals surface area contributed by atoms with Crippen molar-refractivity contribution in [1.29, 1.82) is 0 Å². The van der Waals surface area contributed by atoms with Crippen LogP contribution >= 0.6 is 23.4 Å². The Labute approximate surface area is 181 Å². The number of carbonyl (C=O) groups excluding carboxylic acids is 2. The number of nitrogens with zero attached hydrogens (tertiary/aromatic N) is 2. The van der Waals surface area contributed by atoms with Crippen LogP contribution in [-0.4, -0.2) is 53.2 Å². The summed E-state index contributed by atoms with van der Waals surface area (Å²) in [6, 6.07) is 14.7. The monoisotopic (exact) mass is 431 g/mol. The number of amides is 3. The molecule has 7 heteroatoms. The van der Waals surface area contributed by atoms with E-state index in [4.69, 9.17) is 11.6 Å². The second kappa shape index (κ2) is 10.0. The van der Waals surface area contributed by atoms with E-state index in [0.717, 1.165) is 11.3 Å². The molecule has 3 amide bonds. The summed E-state index contributed by atoms with van der Waals surface area (Å²) < 4.78 is 0. The lowest BCUT2D eigenvalue weighted by atomic mass is 10.2. The molecule has 0 saturated carbocycles. The Hall–Kier alpha value is -2.18. The molecule has 2 aromatic rings. The van der Waals surface area contributed by atoms with Crippen molar-refractivity contribution < 1.29 is 9.59 Å². The van der Waals surface area contributed by atoms with Gasteiger partial charge in [0.15, 0.2) is 0 Å². The van der Waals surface area contributed by atoms with E-state index in [2.05, 4.69) is 19.2 Å². The number of nitrogens with one attached hydrogen (secondary N) is 1. The molecule has 0 bridgehead atoms. The first-order valence-electron chi connectivity index (χ1n) is 9.80. The van der Waals surface area contributed by atoms with Crippen molar-refractivity contribution in [2.75, 3.05) is 31.5 Å². The molecule has 1 saturated heterocycles. The van der Waals surface area contributed by atoms with Crippen LogP contribution < -0.4 is 5.32 Å². The summed E-state index contributed by atoms with van der Waals surface area (Å²) in [6.45, 7) is 6.57. The number of benzene rings is 2. The fourth-order valence-corrected chi connectivity index (χ4v) is 4.25. The molecule has 154 valence electrons. The van der Waals surface area contributed by atoms with Crippen LogP contribution in [-0.2, 0) is 0 Å². The maximum Gasteiger partial charge on any atom is 0.321 e. The number of hydrogen-bond donors (Lipinski definition) is 1. The SMILES string of the molecule is CC(C)Sc1ccc(C(=O)N2CCCN(C(=O)Nc3cccc(Cl)c3)CC2)cc1. The van der Waals surface area contributed by atoms with Crippen LogP contribution in [0.5, 0.6) is 0 Å². The molecule has 2 aromatic carbocycles. The average Bonchev–Trinajstić information content (AvgIpc) is 2.94. The Morgan fingerprint density at radius 3 is 2.38 bits per heavy atom. The van der Waals surface area contributed by atoms with E-state index in [0.29, 0.717) is 47.7 Å². The van der Waals surface area contributed by atoms with Gasteiger partial charge in [-0.1, -0.05) is 31.5 Å². The van der Waals surface area contributed by atoms with Crippen LogP contribution in [0.3, 0.4) is 0 Å². The summed E-state index contributed by atoms with van der Waals surface area (Å²) in [5, 5.41) is 3.96. The molecule has 0 aromatic heterocycles. The largest absolute Gasteiger partial charge is 0.337 e. The molecule has 5 nitrogen and oxygen atoms in total. The minimum absolute atomic E-state index is 0.0168. The summed E-state index contributed by atoms with van der Waals surface area (Å²) in [7, 11) is 0. The van der Waals surface area contributed by atoms with Crippen LogP contribution in [0.2, 0.25) is 5.02 Å². The zero-order valence-corrected chi connectivity index (χ0v) is 18.3. The molecule has 1 aliphatic heterocycles. The molecule has 1 fully saturated rings. The van der Waals surface area contributed by atoms with Crippen LogP contribution in [0.1, 0.15) is 30.6 Å². The van der Waals surface area contributed by atoms with E-state index < -0.39 is 0 Å². The van der Waals surface area contributed by atoms with E-state index in [1.165, 1.54) is 0 Å². The van der Waals surface area contributed by atoms with E-state index in [9.17, 15) is 9.59 Å². The smallest absolute Gasteiger partial charge is 0.321 e. The highest BCUT2D eigenvalue weighted by Crippen LogP contribution is 2.23. The maximum atomic E-state index is 12.9. The first kappa shape index (κ1) is 21.5. The lowest BCUT2D eigenvalue weighted by Crippen LogP contribution is -2.39. The second-order valence-electron chi connectivity index (χ2n) is 7.26. The fraction of sp³-hybridized carbons (Fsp3) is 0.364. The van der Waals surface area contributed by atoms with Crippen molar-refractivity contribution in [2.45, 2.75) is 30.4 Å². The molecule has 0 unspecified atom stereocenters. The van der Waals surface area contributed by atoms with Crippen molar-refractivity contribution in [3.8, 4) is 0 Å². The van der Waals surface area contributed by atoms with Gasteiger partial charge in [-0.2, -0.15) is 0 Å². The third kappa shape index (κ3) is 6.15. The Morgan fingerprint density at radius 2 is 1.69 bits per heavy atom. The third-order valence-electron chi connectivity index (χ3n) is 4.62. The minimum atomic E-state index is -0.170. The van der Waals surface area contributed by atoms with Gasteiger partial charge in [0.25, 0.3) is 5.91 Å². The third-order valence-corrected chi connectivity index (χ3v) is 5.87. The van der Waals surface area contributed by atoms with Crippen LogP contribution in [0.4, 0.5) is 10.5 Å². The molecule has 0 spiro atoms. The van der Waals surface area contributed by atoms with Gasteiger partial charge in [0, 0.05) is 52.6 Å². The van der Waals surface area contributed by atoms with Crippen LogP contribution in [0, 0.1) is 0 Å². The molecular formula is C22H26ClN3O2S. The van der Waals surface area contributed by atoms with E-state index >= 15 is 0 Å².